The van der Waals surface area contributed by atoms with Gasteiger partial charge in [-0.2, -0.15) is 0 Å². The van der Waals surface area contributed by atoms with E-state index in [0.29, 0.717) is 18.3 Å². The molecule has 0 spiro atoms. The minimum Gasteiger partial charge on any atom is -0.481 e. The molecule has 0 amide bonds. The van der Waals surface area contributed by atoms with Crippen molar-refractivity contribution >= 4 is 29.9 Å². The molecule has 0 saturated carbocycles. The Morgan fingerprint density at radius 1 is 1.29 bits per heavy atom. The monoisotopic (exact) mass is 450 g/mol. The van der Waals surface area contributed by atoms with E-state index in [0.717, 1.165) is 43.9 Å². The molecule has 1 heterocycles. The minimum absolute atomic E-state index is 0. The Labute approximate surface area is 162 Å². The van der Waals surface area contributed by atoms with Gasteiger partial charge in [0.15, 0.2) is 5.96 Å². The summed E-state index contributed by atoms with van der Waals surface area (Å²) in [5.74, 6) is 1.87. The number of ether oxygens (including phenoxy) is 1. The van der Waals surface area contributed by atoms with Crippen molar-refractivity contribution in [3.05, 3.63) is 23.9 Å². The van der Waals surface area contributed by atoms with Gasteiger partial charge in [-0.1, -0.05) is 19.4 Å². The Kier molecular flexibility index (Phi) is 13.6. The van der Waals surface area contributed by atoms with Crippen molar-refractivity contribution in [1.29, 1.82) is 0 Å². The predicted octanol–water partition coefficient (Wildman–Crippen LogP) is 2.56. The molecule has 0 radical (unpaired) electrons. The van der Waals surface area contributed by atoms with Crippen LogP contribution in [0.15, 0.2) is 23.3 Å². The average Bonchev–Trinajstić information content (AvgIpc) is 2.58. The number of aliphatic hydroxyl groups excluding tert-OH is 1. The van der Waals surface area contributed by atoms with Crippen LogP contribution in [-0.2, 0) is 6.54 Å². The lowest BCUT2D eigenvalue weighted by Crippen LogP contribution is -2.40. The highest BCUT2D eigenvalue weighted by atomic mass is 127. The van der Waals surface area contributed by atoms with E-state index in [1.54, 1.807) is 13.3 Å². The fourth-order valence-electron chi connectivity index (χ4n) is 2.32. The lowest BCUT2D eigenvalue weighted by Gasteiger charge is -2.18. The second kappa shape index (κ2) is 14.3. The van der Waals surface area contributed by atoms with E-state index >= 15 is 0 Å². The maximum absolute atomic E-state index is 9.14. The van der Waals surface area contributed by atoms with Crippen molar-refractivity contribution in [3.63, 3.8) is 0 Å². The highest BCUT2D eigenvalue weighted by Crippen LogP contribution is 2.10. The molecule has 0 aromatic carbocycles. The summed E-state index contributed by atoms with van der Waals surface area (Å²) in [7, 11) is 1.60. The molecule has 6 nitrogen and oxygen atoms in total. The number of hydrogen-bond acceptors (Lipinski definition) is 4. The van der Waals surface area contributed by atoms with E-state index in [-0.39, 0.29) is 30.6 Å². The zero-order chi connectivity index (χ0) is 16.9. The van der Waals surface area contributed by atoms with Crippen LogP contribution in [0.4, 0.5) is 0 Å². The molecule has 0 bridgehead atoms. The third-order valence-electron chi connectivity index (χ3n) is 3.56. The zero-order valence-electron chi connectivity index (χ0n) is 14.9. The SMILES string of the molecule is CCCC(CCO)CNC(=NCc1ccc(OC)nc1)NCC.I. The summed E-state index contributed by atoms with van der Waals surface area (Å²) in [4.78, 5) is 8.77. The number of aliphatic hydroxyl groups is 1. The molecular weight excluding hydrogens is 419 g/mol. The van der Waals surface area contributed by atoms with Crippen molar-refractivity contribution < 1.29 is 9.84 Å². The van der Waals surface area contributed by atoms with Crippen LogP contribution in [0, 0.1) is 5.92 Å². The van der Waals surface area contributed by atoms with Gasteiger partial charge in [-0.15, -0.1) is 24.0 Å². The van der Waals surface area contributed by atoms with E-state index in [9.17, 15) is 0 Å². The minimum atomic E-state index is 0. The largest absolute Gasteiger partial charge is 0.481 e. The van der Waals surface area contributed by atoms with Crippen LogP contribution in [0.25, 0.3) is 0 Å². The summed E-state index contributed by atoms with van der Waals surface area (Å²) in [6.45, 7) is 6.64. The highest BCUT2D eigenvalue weighted by molar-refractivity contribution is 14.0. The standard InChI is InChI=1S/C17H30N4O2.HI/c1-4-6-14(9-10-22)11-20-17(18-5-2)21-13-15-7-8-16(23-3)19-12-15;/h7-8,12,14,22H,4-6,9-11,13H2,1-3H3,(H2,18,20,21);1H. The van der Waals surface area contributed by atoms with Gasteiger partial charge in [0.2, 0.25) is 5.88 Å². The number of guanidine groups is 1. The molecule has 0 aliphatic rings. The molecule has 7 heteroatoms. The first-order valence-corrected chi connectivity index (χ1v) is 8.35. The van der Waals surface area contributed by atoms with Crippen molar-refractivity contribution in [2.45, 2.75) is 39.7 Å². The molecule has 1 atom stereocenters. The maximum atomic E-state index is 9.14. The molecule has 3 N–H and O–H groups in total. The van der Waals surface area contributed by atoms with Gasteiger partial charge < -0.3 is 20.5 Å². The zero-order valence-corrected chi connectivity index (χ0v) is 17.2. The third-order valence-corrected chi connectivity index (χ3v) is 3.56. The molecule has 0 aliphatic carbocycles. The van der Waals surface area contributed by atoms with Crippen molar-refractivity contribution in [2.24, 2.45) is 10.9 Å². The second-order valence-electron chi connectivity index (χ2n) is 5.45. The first-order chi connectivity index (χ1) is 11.2. The van der Waals surface area contributed by atoms with Crippen LogP contribution in [0.2, 0.25) is 0 Å². The van der Waals surface area contributed by atoms with Gasteiger partial charge >= 0.3 is 0 Å². The Hall–Kier alpha value is -1.09. The number of halogens is 1. The Balaban J connectivity index is 0.00000529. The van der Waals surface area contributed by atoms with Crippen LogP contribution in [0.5, 0.6) is 5.88 Å². The van der Waals surface area contributed by atoms with Crippen molar-refractivity contribution in [2.75, 3.05) is 26.8 Å². The third kappa shape index (κ3) is 9.27. The molecule has 24 heavy (non-hydrogen) atoms. The molecule has 138 valence electrons. The topological polar surface area (TPSA) is 78.8 Å². The molecule has 1 rings (SSSR count). The van der Waals surface area contributed by atoms with Gasteiger partial charge in [0.1, 0.15) is 0 Å². The molecule has 1 aromatic rings. The van der Waals surface area contributed by atoms with E-state index in [1.165, 1.54) is 0 Å². The summed E-state index contributed by atoms with van der Waals surface area (Å²) in [5.41, 5.74) is 1.03. The predicted molar refractivity (Wildman–Crippen MR) is 109 cm³/mol. The van der Waals surface area contributed by atoms with Gasteiger partial charge in [-0.3, -0.25) is 0 Å². The number of rotatable bonds is 10. The number of methoxy groups -OCH3 is 1. The number of nitrogens with zero attached hydrogens (tertiary/aromatic N) is 2. The van der Waals surface area contributed by atoms with Crippen LogP contribution < -0.4 is 15.4 Å². The summed E-state index contributed by atoms with van der Waals surface area (Å²) < 4.78 is 5.05. The second-order valence-corrected chi connectivity index (χ2v) is 5.45. The van der Waals surface area contributed by atoms with Crippen LogP contribution in [0.1, 0.15) is 38.7 Å². The van der Waals surface area contributed by atoms with Gasteiger partial charge in [0.25, 0.3) is 0 Å². The number of aromatic nitrogens is 1. The van der Waals surface area contributed by atoms with Crippen molar-refractivity contribution in [3.8, 4) is 5.88 Å². The summed E-state index contributed by atoms with van der Waals surface area (Å²) >= 11 is 0. The van der Waals surface area contributed by atoms with E-state index in [2.05, 4.69) is 27.5 Å². The molecule has 0 aliphatic heterocycles. The van der Waals surface area contributed by atoms with E-state index in [4.69, 9.17) is 9.84 Å². The number of nitrogens with one attached hydrogen (secondary N) is 2. The number of hydrogen-bond donors (Lipinski definition) is 3. The van der Waals surface area contributed by atoms with Crippen LogP contribution >= 0.6 is 24.0 Å². The van der Waals surface area contributed by atoms with E-state index < -0.39 is 0 Å². The lowest BCUT2D eigenvalue weighted by molar-refractivity contribution is 0.251. The van der Waals surface area contributed by atoms with Gasteiger partial charge in [-0.05, 0) is 31.2 Å². The van der Waals surface area contributed by atoms with Gasteiger partial charge in [-0.25, -0.2) is 9.98 Å². The number of aliphatic imine (C=N–C) groups is 1. The smallest absolute Gasteiger partial charge is 0.212 e. The van der Waals surface area contributed by atoms with Crippen LogP contribution in [-0.4, -0.2) is 42.9 Å². The van der Waals surface area contributed by atoms with Crippen molar-refractivity contribution in [1.82, 2.24) is 15.6 Å². The molecule has 0 fully saturated rings. The average molecular weight is 450 g/mol. The Morgan fingerprint density at radius 3 is 2.62 bits per heavy atom. The summed E-state index contributed by atoms with van der Waals surface area (Å²) in [5, 5.41) is 15.7. The quantitative estimate of drug-likeness (QED) is 0.290. The molecule has 1 aromatic heterocycles. The maximum Gasteiger partial charge on any atom is 0.212 e. The fraction of sp³-hybridized carbons (Fsp3) is 0.647. The highest BCUT2D eigenvalue weighted by Gasteiger charge is 2.08. The first kappa shape index (κ1) is 22.9. The fourth-order valence-corrected chi connectivity index (χ4v) is 2.32. The summed E-state index contributed by atoms with van der Waals surface area (Å²) in [6, 6.07) is 3.80. The molecular formula is C17H31IN4O2. The lowest BCUT2D eigenvalue weighted by atomic mass is 10.0. The summed E-state index contributed by atoms with van der Waals surface area (Å²) in [6.07, 6.45) is 4.83. The van der Waals surface area contributed by atoms with E-state index in [1.807, 2.05) is 19.1 Å². The Morgan fingerprint density at radius 2 is 2.08 bits per heavy atom. The normalized spacial score (nSPS) is 12.2. The first-order valence-electron chi connectivity index (χ1n) is 8.35. The van der Waals surface area contributed by atoms with Crippen LogP contribution in [0.3, 0.4) is 0 Å². The molecule has 1 unspecified atom stereocenters. The van der Waals surface area contributed by atoms with Gasteiger partial charge in [0, 0.05) is 32.0 Å². The Bertz CT molecular complexity index is 448. The van der Waals surface area contributed by atoms with Gasteiger partial charge in [0.05, 0.1) is 13.7 Å². The molecule has 0 saturated heterocycles. The number of pyridine rings is 1.